The normalized spacial score (nSPS) is 21.4. The molecule has 2 aliphatic rings. The maximum atomic E-state index is 10.3. The quantitative estimate of drug-likeness (QED) is 0.716. The Bertz CT molecular complexity index is 471. The highest BCUT2D eigenvalue weighted by Crippen LogP contribution is 2.46. The van der Waals surface area contributed by atoms with Crippen LogP contribution in [0.15, 0.2) is 12.1 Å². The van der Waals surface area contributed by atoms with Gasteiger partial charge >= 0.3 is 0 Å². The lowest BCUT2D eigenvalue weighted by Gasteiger charge is -2.31. The van der Waals surface area contributed by atoms with Gasteiger partial charge in [-0.1, -0.05) is 44.6 Å². The summed E-state index contributed by atoms with van der Waals surface area (Å²) >= 11 is 0. The minimum Gasteiger partial charge on any atom is -0.506 e. The molecule has 0 aliphatic heterocycles. The first-order valence-electron chi connectivity index (χ1n) is 8.84. The minimum atomic E-state index is 0.428. The second-order valence-corrected chi connectivity index (χ2v) is 6.88. The third kappa shape index (κ3) is 3.04. The van der Waals surface area contributed by atoms with Gasteiger partial charge in [-0.25, -0.2) is 0 Å². The smallest absolute Gasteiger partial charge is 0.138 e. The summed E-state index contributed by atoms with van der Waals surface area (Å²) in [5, 5.41) is 13.6. The summed E-state index contributed by atoms with van der Waals surface area (Å²) in [5.41, 5.74) is 3.98. The van der Waals surface area contributed by atoms with Gasteiger partial charge in [0.05, 0.1) is 5.69 Å². The molecule has 0 aromatic heterocycles. The first-order valence-corrected chi connectivity index (χ1v) is 8.84. The fourth-order valence-electron chi connectivity index (χ4n) is 4.49. The predicted octanol–water partition coefficient (Wildman–Crippen LogP) is 5.53. The molecule has 2 heteroatoms. The predicted molar refractivity (Wildman–Crippen MR) is 89.3 cm³/mol. The largest absolute Gasteiger partial charge is 0.506 e. The molecule has 2 saturated carbocycles. The van der Waals surface area contributed by atoms with Crippen molar-refractivity contribution in [3.8, 4) is 5.75 Å². The van der Waals surface area contributed by atoms with Gasteiger partial charge in [0.15, 0.2) is 0 Å². The number of hydrogen-bond donors (Lipinski definition) is 2. The topological polar surface area (TPSA) is 32.3 Å². The molecule has 1 aromatic rings. The van der Waals surface area contributed by atoms with Gasteiger partial charge in [-0.3, -0.25) is 0 Å². The number of aromatic hydroxyl groups is 1. The second-order valence-electron chi connectivity index (χ2n) is 6.88. The van der Waals surface area contributed by atoms with Crippen LogP contribution in [-0.2, 0) is 0 Å². The van der Waals surface area contributed by atoms with Gasteiger partial charge in [0, 0.05) is 7.05 Å². The molecule has 0 heterocycles. The van der Waals surface area contributed by atoms with Crippen LogP contribution < -0.4 is 5.32 Å². The summed E-state index contributed by atoms with van der Waals surface area (Å²) in [6, 6.07) is 4.12. The van der Waals surface area contributed by atoms with E-state index in [1.165, 1.54) is 75.3 Å². The Morgan fingerprint density at radius 1 is 0.857 bits per heavy atom. The zero-order valence-electron chi connectivity index (χ0n) is 13.3. The van der Waals surface area contributed by atoms with E-state index in [9.17, 15) is 5.11 Å². The van der Waals surface area contributed by atoms with Crippen LogP contribution in [0.4, 0.5) is 5.69 Å². The van der Waals surface area contributed by atoms with Crippen LogP contribution in [0.25, 0.3) is 0 Å². The molecule has 0 bridgehead atoms. The lowest BCUT2D eigenvalue weighted by molar-refractivity contribution is 0.416. The Hall–Kier alpha value is -1.18. The monoisotopic (exact) mass is 287 g/mol. The summed E-state index contributed by atoms with van der Waals surface area (Å²) in [4.78, 5) is 0. The van der Waals surface area contributed by atoms with Crippen LogP contribution in [0.3, 0.4) is 0 Å². The van der Waals surface area contributed by atoms with Gasteiger partial charge < -0.3 is 10.4 Å². The Labute approximate surface area is 129 Å². The molecule has 0 radical (unpaired) electrons. The molecule has 0 amide bonds. The van der Waals surface area contributed by atoms with Gasteiger partial charge in [-0.15, -0.1) is 0 Å². The van der Waals surface area contributed by atoms with Crippen LogP contribution in [0.1, 0.15) is 87.2 Å². The first-order chi connectivity index (χ1) is 10.3. The molecular formula is C19H29NO. The molecule has 2 fully saturated rings. The fraction of sp³-hybridized carbons (Fsp3) is 0.684. The average molecular weight is 287 g/mol. The standard InChI is InChI=1S/C19H29NO/c1-20-19-17(21)13-12-16(14-8-4-2-5-9-14)18(19)15-10-6-3-7-11-15/h12-15,20-21H,2-11H2,1H3. The third-order valence-electron chi connectivity index (χ3n) is 5.57. The maximum absolute atomic E-state index is 10.3. The van der Waals surface area contributed by atoms with E-state index in [1.807, 2.05) is 13.1 Å². The van der Waals surface area contributed by atoms with Crippen LogP contribution in [0.2, 0.25) is 0 Å². The van der Waals surface area contributed by atoms with Crippen molar-refractivity contribution in [3.63, 3.8) is 0 Å². The van der Waals surface area contributed by atoms with Gasteiger partial charge in [0.25, 0.3) is 0 Å². The van der Waals surface area contributed by atoms with Crippen molar-refractivity contribution in [2.24, 2.45) is 0 Å². The molecule has 0 unspecified atom stereocenters. The van der Waals surface area contributed by atoms with E-state index in [0.29, 0.717) is 17.6 Å². The van der Waals surface area contributed by atoms with Crippen molar-refractivity contribution in [2.45, 2.75) is 76.0 Å². The summed E-state index contributed by atoms with van der Waals surface area (Å²) < 4.78 is 0. The SMILES string of the molecule is CNc1c(O)ccc(C2CCCCC2)c1C1CCCCC1. The minimum absolute atomic E-state index is 0.428. The lowest BCUT2D eigenvalue weighted by Crippen LogP contribution is -2.14. The van der Waals surface area contributed by atoms with E-state index >= 15 is 0 Å². The van der Waals surface area contributed by atoms with E-state index in [4.69, 9.17) is 0 Å². The highest BCUT2D eigenvalue weighted by Gasteiger charge is 2.27. The molecule has 2 nitrogen and oxygen atoms in total. The van der Waals surface area contributed by atoms with E-state index in [2.05, 4.69) is 11.4 Å². The molecule has 0 saturated heterocycles. The Balaban J connectivity index is 2.00. The fourth-order valence-corrected chi connectivity index (χ4v) is 4.49. The average Bonchev–Trinajstić information content (AvgIpc) is 2.56. The Morgan fingerprint density at radius 2 is 1.43 bits per heavy atom. The highest BCUT2D eigenvalue weighted by molar-refractivity contribution is 5.65. The summed E-state index contributed by atoms with van der Waals surface area (Å²) in [6.45, 7) is 0. The van der Waals surface area contributed by atoms with Crippen LogP contribution >= 0.6 is 0 Å². The molecule has 0 spiro atoms. The van der Waals surface area contributed by atoms with Crippen molar-refractivity contribution < 1.29 is 5.11 Å². The van der Waals surface area contributed by atoms with Crippen molar-refractivity contribution in [1.29, 1.82) is 0 Å². The molecule has 0 atom stereocenters. The van der Waals surface area contributed by atoms with Crippen molar-refractivity contribution in [2.75, 3.05) is 12.4 Å². The number of rotatable bonds is 3. The number of benzene rings is 1. The number of phenolic OH excluding ortho intramolecular Hbond substituents is 1. The van der Waals surface area contributed by atoms with Crippen molar-refractivity contribution >= 4 is 5.69 Å². The first kappa shape index (κ1) is 14.7. The van der Waals surface area contributed by atoms with Crippen molar-refractivity contribution in [1.82, 2.24) is 0 Å². The maximum Gasteiger partial charge on any atom is 0.138 e. The van der Waals surface area contributed by atoms with Gasteiger partial charge in [-0.05, 0) is 54.7 Å². The number of anilines is 1. The van der Waals surface area contributed by atoms with E-state index in [-0.39, 0.29) is 0 Å². The van der Waals surface area contributed by atoms with Gasteiger partial charge in [-0.2, -0.15) is 0 Å². The zero-order valence-corrected chi connectivity index (χ0v) is 13.3. The van der Waals surface area contributed by atoms with E-state index in [1.54, 1.807) is 0 Å². The number of hydrogen-bond acceptors (Lipinski definition) is 2. The van der Waals surface area contributed by atoms with Crippen molar-refractivity contribution in [3.05, 3.63) is 23.3 Å². The molecule has 3 rings (SSSR count). The van der Waals surface area contributed by atoms with Crippen LogP contribution in [0, 0.1) is 0 Å². The van der Waals surface area contributed by atoms with E-state index < -0.39 is 0 Å². The number of phenols is 1. The molecular weight excluding hydrogens is 258 g/mol. The summed E-state index contributed by atoms with van der Waals surface area (Å²) in [7, 11) is 1.95. The molecule has 1 aromatic carbocycles. The lowest BCUT2D eigenvalue weighted by atomic mass is 9.75. The Kier molecular flexibility index (Phi) is 4.72. The zero-order chi connectivity index (χ0) is 14.7. The highest BCUT2D eigenvalue weighted by atomic mass is 16.3. The molecule has 2 N–H and O–H groups in total. The number of nitrogens with one attached hydrogen (secondary N) is 1. The van der Waals surface area contributed by atoms with E-state index in [0.717, 1.165) is 5.69 Å². The molecule has 116 valence electrons. The molecule has 21 heavy (non-hydrogen) atoms. The third-order valence-corrected chi connectivity index (χ3v) is 5.57. The van der Waals surface area contributed by atoms with Crippen LogP contribution in [-0.4, -0.2) is 12.2 Å². The Morgan fingerprint density at radius 3 is 2.00 bits per heavy atom. The van der Waals surface area contributed by atoms with Gasteiger partial charge in [0.2, 0.25) is 0 Å². The summed E-state index contributed by atoms with van der Waals surface area (Å²) in [5.74, 6) is 1.78. The summed E-state index contributed by atoms with van der Waals surface area (Å²) in [6.07, 6.45) is 13.4. The van der Waals surface area contributed by atoms with Crippen LogP contribution in [0.5, 0.6) is 5.75 Å². The second kappa shape index (κ2) is 6.72. The van der Waals surface area contributed by atoms with Gasteiger partial charge in [0.1, 0.15) is 5.75 Å². The molecule has 2 aliphatic carbocycles.